The normalized spacial score (nSPS) is 11.7. The molecule has 0 spiro atoms. The molecule has 3 rings (SSSR count). The van der Waals surface area contributed by atoms with Crippen LogP contribution in [0.3, 0.4) is 0 Å². The lowest BCUT2D eigenvalue weighted by molar-refractivity contribution is -0.274. The average Bonchev–Trinajstić information content (AvgIpc) is 2.89. The van der Waals surface area contributed by atoms with Crippen LogP contribution in [0.2, 0.25) is 0 Å². The summed E-state index contributed by atoms with van der Waals surface area (Å²) in [4.78, 5) is 15.8. The smallest absolute Gasteiger partial charge is 0.478 e. The van der Waals surface area contributed by atoms with Gasteiger partial charge in [-0.3, -0.25) is 0 Å². The van der Waals surface area contributed by atoms with Gasteiger partial charge in [-0.25, -0.2) is 9.78 Å². The fraction of sp³-hybridized carbons (Fsp3) is 0.125. The summed E-state index contributed by atoms with van der Waals surface area (Å²) in [5.41, 5.74) is 2.15. The fourth-order valence-electron chi connectivity index (χ4n) is 2.50. The number of hydrogen-bond donors (Lipinski definition) is 1. The van der Waals surface area contributed by atoms with Crippen LogP contribution in [-0.4, -0.2) is 27.0 Å². The van der Waals surface area contributed by atoms with E-state index in [1.54, 1.807) is 11.6 Å². The fourth-order valence-corrected chi connectivity index (χ4v) is 3.25. The standard InChI is InChI=1S/C16H10BrF3N2O3/c1-22-7-21-13-10(6-11(15(23)24)12(17)14(13)22)8-2-4-9(5-3-8)25-16(18,19)20/h2-7H,1H3,(H,23,24). The Balaban J connectivity index is 2.15. The summed E-state index contributed by atoms with van der Waals surface area (Å²) in [5.74, 6) is -1.49. The Kier molecular flexibility index (Phi) is 4.19. The van der Waals surface area contributed by atoms with Crippen LogP contribution in [0.15, 0.2) is 41.1 Å². The average molecular weight is 415 g/mol. The second-order valence-electron chi connectivity index (χ2n) is 5.22. The SMILES string of the molecule is Cn1cnc2c(-c3ccc(OC(F)(F)F)cc3)cc(C(=O)O)c(Br)c21. The van der Waals surface area contributed by atoms with Crippen LogP contribution in [-0.2, 0) is 7.05 Å². The molecule has 0 aliphatic carbocycles. The maximum absolute atomic E-state index is 12.3. The quantitative estimate of drug-likeness (QED) is 0.680. The molecule has 5 nitrogen and oxygen atoms in total. The van der Waals surface area contributed by atoms with Crippen LogP contribution in [0.5, 0.6) is 5.75 Å². The molecule has 0 saturated carbocycles. The molecular weight excluding hydrogens is 405 g/mol. The lowest BCUT2D eigenvalue weighted by Gasteiger charge is -2.11. The van der Waals surface area contributed by atoms with Gasteiger partial charge in [-0.1, -0.05) is 12.1 Å². The number of aromatic nitrogens is 2. The number of benzene rings is 2. The summed E-state index contributed by atoms with van der Waals surface area (Å²) in [7, 11) is 1.72. The second-order valence-corrected chi connectivity index (χ2v) is 6.01. The lowest BCUT2D eigenvalue weighted by Crippen LogP contribution is -2.16. The molecule has 9 heteroatoms. The molecule has 0 atom stereocenters. The van der Waals surface area contributed by atoms with Crippen LogP contribution in [0.4, 0.5) is 13.2 Å². The lowest BCUT2D eigenvalue weighted by atomic mass is 10.0. The molecule has 2 aromatic carbocycles. The number of carboxylic acid groups (broad SMARTS) is 1. The van der Waals surface area contributed by atoms with Crippen molar-refractivity contribution in [3.8, 4) is 16.9 Å². The number of fused-ring (bicyclic) bond motifs is 1. The van der Waals surface area contributed by atoms with Crippen molar-refractivity contribution in [1.82, 2.24) is 9.55 Å². The van der Waals surface area contributed by atoms with E-state index in [0.717, 1.165) is 0 Å². The highest BCUT2D eigenvalue weighted by atomic mass is 79.9. The molecule has 0 unspecified atom stereocenters. The zero-order valence-corrected chi connectivity index (χ0v) is 14.2. The highest BCUT2D eigenvalue weighted by molar-refractivity contribution is 9.10. The Morgan fingerprint density at radius 3 is 2.48 bits per heavy atom. The van der Waals surface area contributed by atoms with E-state index in [0.29, 0.717) is 26.6 Å². The summed E-state index contributed by atoms with van der Waals surface area (Å²) in [6.07, 6.45) is -3.24. The van der Waals surface area contributed by atoms with Gasteiger partial charge in [0.1, 0.15) is 5.75 Å². The number of aryl methyl sites for hydroxylation is 1. The number of carboxylic acids is 1. The van der Waals surface area contributed by atoms with Gasteiger partial charge in [0.2, 0.25) is 0 Å². The van der Waals surface area contributed by atoms with Crippen LogP contribution in [0, 0.1) is 0 Å². The van der Waals surface area contributed by atoms with Crippen molar-refractivity contribution in [3.05, 3.63) is 46.7 Å². The van der Waals surface area contributed by atoms with Crippen molar-refractivity contribution in [2.24, 2.45) is 7.05 Å². The monoisotopic (exact) mass is 414 g/mol. The van der Waals surface area contributed by atoms with Crippen molar-refractivity contribution in [1.29, 1.82) is 0 Å². The van der Waals surface area contributed by atoms with Gasteiger partial charge < -0.3 is 14.4 Å². The predicted octanol–water partition coefficient (Wildman–Crippen LogP) is 4.60. The predicted molar refractivity (Wildman–Crippen MR) is 87.5 cm³/mol. The number of aromatic carboxylic acids is 1. The maximum atomic E-state index is 12.3. The van der Waals surface area contributed by atoms with Gasteiger partial charge in [-0.05, 0) is 39.7 Å². The molecule has 130 valence electrons. The summed E-state index contributed by atoms with van der Waals surface area (Å²) < 4.78 is 42.7. The molecule has 1 N–H and O–H groups in total. The number of rotatable bonds is 3. The minimum absolute atomic E-state index is 0.0294. The maximum Gasteiger partial charge on any atom is 0.573 e. The first kappa shape index (κ1) is 17.3. The zero-order valence-electron chi connectivity index (χ0n) is 12.6. The van der Waals surface area contributed by atoms with Gasteiger partial charge in [0.25, 0.3) is 0 Å². The topological polar surface area (TPSA) is 64.4 Å². The first-order valence-electron chi connectivity index (χ1n) is 6.90. The number of imidazole rings is 1. The Morgan fingerprint density at radius 1 is 1.28 bits per heavy atom. The number of halogens is 4. The van der Waals surface area contributed by atoms with Crippen LogP contribution >= 0.6 is 15.9 Å². The van der Waals surface area contributed by atoms with Crippen LogP contribution in [0.1, 0.15) is 10.4 Å². The summed E-state index contributed by atoms with van der Waals surface area (Å²) in [6, 6.07) is 6.61. The van der Waals surface area contributed by atoms with Crippen molar-refractivity contribution >= 4 is 32.9 Å². The van der Waals surface area contributed by atoms with E-state index in [-0.39, 0.29) is 11.3 Å². The van der Waals surface area contributed by atoms with Crippen molar-refractivity contribution in [2.75, 3.05) is 0 Å². The van der Waals surface area contributed by atoms with E-state index in [9.17, 15) is 23.1 Å². The van der Waals surface area contributed by atoms with E-state index in [1.165, 1.54) is 36.7 Å². The Morgan fingerprint density at radius 2 is 1.92 bits per heavy atom. The van der Waals surface area contributed by atoms with Gasteiger partial charge >= 0.3 is 12.3 Å². The van der Waals surface area contributed by atoms with Gasteiger partial charge in [-0.2, -0.15) is 0 Å². The molecule has 0 aliphatic rings. The summed E-state index contributed by atoms with van der Waals surface area (Å²) >= 11 is 3.28. The Bertz CT molecular complexity index is 965. The highest BCUT2D eigenvalue weighted by Crippen LogP contribution is 2.36. The van der Waals surface area contributed by atoms with Gasteiger partial charge in [0.05, 0.1) is 27.4 Å². The third-order valence-corrected chi connectivity index (χ3v) is 4.36. The van der Waals surface area contributed by atoms with Gasteiger partial charge in [-0.15, -0.1) is 13.2 Å². The van der Waals surface area contributed by atoms with Crippen molar-refractivity contribution < 1.29 is 27.8 Å². The molecule has 0 radical (unpaired) electrons. The molecule has 0 bridgehead atoms. The van der Waals surface area contributed by atoms with Gasteiger partial charge in [0.15, 0.2) is 0 Å². The zero-order chi connectivity index (χ0) is 18.4. The minimum atomic E-state index is -4.77. The largest absolute Gasteiger partial charge is 0.573 e. The summed E-state index contributed by atoms with van der Waals surface area (Å²) in [6.45, 7) is 0. The first-order chi connectivity index (χ1) is 11.7. The number of carbonyl (C=O) groups is 1. The second kappa shape index (κ2) is 6.07. The number of alkyl halides is 3. The van der Waals surface area contributed by atoms with Crippen LogP contribution in [0.25, 0.3) is 22.2 Å². The van der Waals surface area contributed by atoms with E-state index in [1.807, 2.05) is 0 Å². The van der Waals surface area contributed by atoms with E-state index >= 15 is 0 Å². The summed E-state index contributed by atoms with van der Waals surface area (Å²) in [5, 5.41) is 9.39. The number of nitrogens with zero attached hydrogens (tertiary/aromatic N) is 2. The van der Waals surface area contributed by atoms with Gasteiger partial charge in [0, 0.05) is 12.6 Å². The van der Waals surface area contributed by atoms with E-state index < -0.39 is 12.3 Å². The molecule has 0 fully saturated rings. The molecular formula is C16H10BrF3N2O3. The molecule has 1 heterocycles. The van der Waals surface area contributed by atoms with Crippen LogP contribution < -0.4 is 4.74 Å². The Hall–Kier alpha value is -2.55. The van der Waals surface area contributed by atoms with E-state index in [4.69, 9.17) is 0 Å². The first-order valence-corrected chi connectivity index (χ1v) is 7.69. The third kappa shape index (κ3) is 3.32. The Labute approximate surface area is 147 Å². The highest BCUT2D eigenvalue weighted by Gasteiger charge is 2.31. The van der Waals surface area contributed by atoms with Crippen molar-refractivity contribution in [2.45, 2.75) is 6.36 Å². The molecule has 25 heavy (non-hydrogen) atoms. The molecule has 3 aromatic rings. The number of ether oxygens (including phenoxy) is 1. The molecule has 0 amide bonds. The molecule has 0 saturated heterocycles. The van der Waals surface area contributed by atoms with Crippen molar-refractivity contribution in [3.63, 3.8) is 0 Å². The minimum Gasteiger partial charge on any atom is -0.478 e. The third-order valence-electron chi connectivity index (χ3n) is 3.55. The number of hydrogen-bond acceptors (Lipinski definition) is 3. The van der Waals surface area contributed by atoms with E-state index in [2.05, 4.69) is 25.7 Å². The molecule has 1 aromatic heterocycles. The molecule has 0 aliphatic heterocycles.